The Morgan fingerprint density at radius 2 is 1.31 bits per heavy atom. The van der Waals surface area contributed by atoms with E-state index < -0.39 is 27.1 Å². The summed E-state index contributed by atoms with van der Waals surface area (Å²) in [6.45, 7) is 24.7. The van der Waals surface area contributed by atoms with Crippen LogP contribution in [0.5, 0.6) is 0 Å². The lowest BCUT2D eigenvalue weighted by atomic mass is 9.66. The Hall–Kier alpha value is -0.575. The zero-order chi connectivity index (χ0) is 23.9. The molecule has 0 aromatic rings. The fraction of sp³-hybridized carbons (Fsp3) is 0.895. The van der Waals surface area contributed by atoms with E-state index >= 15 is 0 Å². The van der Waals surface area contributed by atoms with Crippen LogP contribution < -0.4 is 0 Å². The zero-order valence-electron chi connectivity index (χ0n) is 19.4. The van der Waals surface area contributed by atoms with Crippen LogP contribution in [0.25, 0.3) is 0 Å². The molecule has 1 heterocycles. The Bertz CT molecular complexity index is 670. The second-order valence-corrected chi connectivity index (χ2v) is 11.9. The van der Waals surface area contributed by atoms with Crippen LogP contribution in [0.15, 0.2) is 12.1 Å². The number of hydrogen-bond donors (Lipinski definition) is 0. The summed E-state index contributed by atoms with van der Waals surface area (Å²) in [7, 11) is -5.76. The zero-order valence-corrected chi connectivity index (χ0v) is 20.3. The average molecular weight is 444 g/mol. The van der Waals surface area contributed by atoms with Crippen LogP contribution in [0.2, 0.25) is 0 Å². The van der Waals surface area contributed by atoms with Crippen molar-refractivity contribution < 1.29 is 35.1 Å². The van der Waals surface area contributed by atoms with Crippen molar-refractivity contribution >= 4 is 17.2 Å². The maximum Gasteiger partial charge on any atom is 0.523 e. The Balaban J connectivity index is 0.000000543. The van der Waals surface area contributed by atoms with Gasteiger partial charge in [-0.25, -0.2) is 0 Å². The summed E-state index contributed by atoms with van der Waals surface area (Å²) < 4.78 is 72.6. The van der Waals surface area contributed by atoms with Crippen LogP contribution in [0, 0.1) is 10.8 Å². The minimum Gasteiger partial charge on any atom is -0.400 e. The highest BCUT2D eigenvalue weighted by molar-refractivity contribution is 7.87. The molecule has 0 aliphatic carbocycles. The van der Waals surface area contributed by atoms with Crippen molar-refractivity contribution in [3.63, 3.8) is 0 Å². The first-order valence-electron chi connectivity index (χ1n) is 9.39. The molecule has 1 rings (SSSR count). The monoisotopic (exact) mass is 444 g/mol. The molecule has 29 heavy (non-hydrogen) atoms. The first kappa shape index (κ1) is 28.4. The number of rotatable bonds is 3. The van der Waals surface area contributed by atoms with E-state index in [-0.39, 0.29) is 23.7 Å². The third-order valence-electron chi connectivity index (χ3n) is 5.28. The molecule has 0 N–H and O–H groups in total. The second kappa shape index (κ2) is 8.51. The molecule has 172 valence electrons. The van der Waals surface area contributed by atoms with Crippen LogP contribution >= 0.6 is 0 Å². The van der Waals surface area contributed by atoms with E-state index in [0.29, 0.717) is 0 Å². The van der Waals surface area contributed by atoms with Crippen molar-refractivity contribution in [2.45, 2.75) is 99.0 Å². The van der Waals surface area contributed by atoms with E-state index in [1.807, 2.05) is 0 Å². The topological polar surface area (TPSA) is 61.8 Å². The molecule has 5 nitrogen and oxygen atoms in total. The standard InChI is InChI=1S/C12H23BO2.C7H13F3O3S/c1-9(10(2,3)4)13-14-11(5,6)12(7,8)15-13;1-5(6(2,3)4)13-14(11,12)7(8,9)10/h1H2,2-8H3;5H,1-4H3. The summed E-state index contributed by atoms with van der Waals surface area (Å²) >= 11 is 0. The van der Waals surface area contributed by atoms with E-state index in [2.05, 4.69) is 59.2 Å². The summed E-state index contributed by atoms with van der Waals surface area (Å²) in [5, 5.41) is 0. The maximum atomic E-state index is 11.9. The van der Waals surface area contributed by atoms with E-state index in [0.717, 1.165) is 5.47 Å². The molecule has 0 saturated carbocycles. The molecule has 0 amide bonds. The molecule has 1 atom stereocenters. The molecule has 0 bridgehead atoms. The quantitative estimate of drug-likeness (QED) is 0.327. The van der Waals surface area contributed by atoms with Gasteiger partial charge in [0.15, 0.2) is 0 Å². The van der Waals surface area contributed by atoms with E-state index in [4.69, 9.17) is 9.31 Å². The molecular weight excluding hydrogens is 408 g/mol. The highest BCUT2D eigenvalue weighted by Crippen LogP contribution is 2.41. The van der Waals surface area contributed by atoms with Crippen LogP contribution in [0.3, 0.4) is 0 Å². The largest absolute Gasteiger partial charge is 0.523 e. The van der Waals surface area contributed by atoms with Crippen LogP contribution in [0.4, 0.5) is 13.2 Å². The average Bonchev–Trinajstić information content (AvgIpc) is 2.63. The summed E-state index contributed by atoms with van der Waals surface area (Å²) in [6.07, 6.45) is -1.03. The van der Waals surface area contributed by atoms with Crippen LogP contribution in [-0.2, 0) is 23.6 Å². The van der Waals surface area contributed by atoms with Crippen LogP contribution in [-0.4, -0.2) is 38.4 Å². The fourth-order valence-corrected chi connectivity index (χ4v) is 2.51. The lowest BCUT2D eigenvalue weighted by Crippen LogP contribution is -2.41. The van der Waals surface area contributed by atoms with Crippen molar-refractivity contribution in [3.05, 3.63) is 12.1 Å². The predicted molar refractivity (Wildman–Crippen MR) is 110 cm³/mol. The van der Waals surface area contributed by atoms with E-state index in [1.54, 1.807) is 20.8 Å². The number of halogens is 3. The molecule has 0 aromatic heterocycles. The number of allylic oxidation sites excluding steroid dienone is 1. The van der Waals surface area contributed by atoms with E-state index in [1.165, 1.54) is 6.92 Å². The van der Waals surface area contributed by atoms with Gasteiger partial charge in [-0.05, 0) is 50.9 Å². The smallest absolute Gasteiger partial charge is 0.400 e. The van der Waals surface area contributed by atoms with Gasteiger partial charge in [-0.15, -0.1) is 6.58 Å². The van der Waals surface area contributed by atoms with Gasteiger partial charge in [-0.3, -0.25) is 4.18 Å². The molecule has 0 spiro atoms. The molecular formula is C19H36BF3O5S. The normalized spacial score (nSPS) is 20.7. The van der Waals surface area contributed by atoms with Gasteiger partial charge in [-0.2, -0.15) is 21.6 Å². The number of alkyl halides is 3. The minimum absolute atomic E-state index is 0.0150. The summed E-state index contributed by atoms with van der Waals surface area (Å²) in [5.74, 6) is 0. The second-order valence-electron chi connectivity index (χ2n) is 10.4. The Morgan fingerprint density at radius 1 is 0.966 bits per heavy atom. The first-order chi connectivity index (χ1) is 12.4. The van der Waals surface area contributed by atoms with Gasteiger partial charge in [0, 0.05) is 0 Å². The van der Waals surface area contributed by atoms with Gasteiger partial charge >= 0.3 is 22.7 Å². The van der Waals surface area contributed by atoms with Gasteiger partial charge in [-0.1, -0.05) is 41.5 Å². The molecule has 1 saturated heterocycles. The van der Waals surface area contributed by atoms with Crippen LogP contribution in [0.1, 0.15) is 76.2 Å². The van der Waals surface area contributed by atoms with Gasteiger partial charge in [0.25, 0.3) is 0 Å². The third-order valence-corrected chi connectivity index (χ3v) is 6.38. The van der Waals surface area contributed by atoms with Crippen molar-refractivity contribution in [1.29, 1.82) is 0 Å². The minimum atomic E-state index is -5.48. The molecule has 1 unspecified atom stereocenters. The molecule has 0 radical (unpaired) electrons. The first-order valence-corrected chi connectivity index (χ1v) is 10.8. The summed E-state index contributed by atoms with van der Waals surface area (Å²) in [5.41, 5.74) is -5.55. The van der Waals surface area contributed by atoms with Gasteiger partial charge in [0.1, 0.15) is 0 Å². The summed E-state index contributed by atoms with van der Waals surface area (Å²) in [6, 6.07) is 0. The lowest BCUT2D eigenvalue weighted by molar-refractivity contribution is -0.0606. The lowest BCUT2D eigenvalue weighted by Gasteiger charge is -2.32. The Labute approximate surface area is 174 Å². The molecule has 1 fully saturated rings. The van der Waals surface area contributed by atoms with Gasteiger partial charge in [0.05, 0.1) is 17.3 Å². The van der Waals surface area contributed by atoms with Gasteiger partial charge < -0.3 is 9.31 Å². The Kier molecular flexibility index (Phi) is 8.35. The highest BCUT2D eigenvalue weighted by Gasteiger charge is 2.53. The van der Waals surface area contributed by atoms with Gasteiger partial charge in [0.2, 0.25) is 0 Å². The van der Waals surface area contributed by atoms with Crippen molar-refractivity contribution in [2.75, 3.05) is 0 Å². The Morgan fingerprint density at radius 3 is 1.55 bits per heavy atom. The molecule has 0 aromatic carbocycles. The third kappa shape index (κ3) is 7.56. The maximum absolute atomic E-state index is 11.9. The van der Waals surface area contributed by atoms with E-state index in [9.17, 15) is 21.6 Å². The molecule has 1 aliphatic rings. The number of hydrogen-bond acceptors (Lipinski definition) is 5. The van der Waals surface area contributed by atoms with Crippen molar-refractivity contribution in [1.82, 2.24) is 0 Å². The fourth-order valence-electron chi connectivity index (χ4n) is 1.73. The molecule has 1 aliphatic heterocycles. The van der Waals surface area contributed by atoms with Crippen molar-refractivity contribution in [2.24, 2.45) is 10.8 Å². The highest BCUT2D eigenvalue weighted by atomic mass is 32.2. The van der Waals surface area contributed by atoms with Crippen molar-refractivity contribution in [3.8, 4) is 0 Å². The summed E-state index contributed by atoms with van der Waals surface area (Å²) in [4.78, 5) is 0. The predicted octanol–water partition coefficient (Wildman–Crippen LogP) is 5.51. The SMILES string of the molecule is C=C(B1OC(C)(C)C(C)(C)O1)C(C)(C)C.CC(OS(=O)(=O)C(F)(F)F)C(C)(C)C. The molecule has 10 heteroatoms.